The molecule has 3 unspecified atom stereocenters. The molecule has 0 radical (unpaired) electrons. The highest BCUT2D eigenvalue weighted by atomic mass is 32.2. The van der Waals surface area contributed by atoms with Gasteiger partial charge in [0.05, 0.1) is 12.8 Å². The van der Waals surface area contributed by atoms with Gasteiger partial charge in [0.1, 0.15) is 0 Å². The molecule has 3 atom stereocenters. The van der Waals surface area contributed by atoms with Crippen molar-refractivity contribution < 1.29 is 28.4 Å². The van der Waals surface area contributed by atoms with Crippen LogP contribution in [0.1, 0.15) is 63.4 Å². The summed E-state index contributed by atoms with van der Waals surface area (Å²) >= 11 is 0. The van der Waals surface area contributed by atoms with Crippen LogP contribution in [0.15, 0.2) is 30.3 Å². The number of hydrazone groups is 1. The van der Waals surface area contributed by atoms with Crippen LogP contribution in [0.4, 0.5) is 0 Å². The summed E-state index contributed by atoms with van der Waals surface area (Å²) in [7, 11) is -1.22. The van der Waals surface area contributed by atoms with Gasteiger partial charge < -0.3 is 5.11 Å². The normalized spacial score (nSPS) is 18.8. The lowest BCUT2D eigenvalue weighted by Gasteiger charge is -2.18. The highest BCUT2D eigenvalue weighted by molar-refractivity contribution is 7.85. The molecule has 1 aromatic carbocycles. The Morgan fingerprint density at radius 1 is 1.27 bits per heavy atom. The number of hydrazine groups is 1. The second-order valence-corrected chi connectivity index (χ2v) is 9.34. The smallest absolute Gasteiger partial charge is 0.303 e. The number of rotatable bonds is 12. The fourth-order valence-corrected chi connectivity index (χ4v) is 4.96. The van der Waals surface area contributed by atoms with E-state index in [1.165, 1.54) is 4.68 Å². The van der Waals surface area contributed by atoms with Gasteiger partial charge in [0.25, 0.3) is 0 Å². The van der Waals surface area contributed by atoms with E-state index in [-0.39, 0.29) is 42.5 Å². The van der Waals surface area contributed by atoms with Crippen molar-refractivity contribution >= 4 is 34.0 Å². The fraction of sp³-hybridized carbons (Fsp3) is 0.545. The van der Waals surface area contributed by atoms with Crippen LogP contribution in [0.3, 0.4) is 0 Å². The third-order valence-corrected chi connectivity index (χ3v) is 6.79. The largest absolute Gasteiger partial charge is 0.481 e. The van der Waals surface area contributed by atoms with Gasteiger partial charge in [-0.15, -0.1) is 4.68 Å². The third-order valence-electron chi connectivity index (χ3n) is 5.43. The predicted octanol–water partition coefficient (Wildman–Crippen LogP) is 2.20. The lowest BCUT2D eigenvalue weighted by atomic mass is 9.93. The van der Waals surface area contributed by atoms with Gasteiger partial charge in [-0.2, -0.15) is 0 Å². The molecule has 0 aromatic heterocycles. The highest BCUT2D eigenvalue weighted by Crippen LogP contribution is 2.24. The summed E-state index contributed by atoms with van der Waals surface area (Å²) in [4.78, 5) is 35.7. The summed E-state index contributed by atoms with van der Waals surface area (Å²) in [5, 5.41) is 9.19. The van der Waals surface area contributed by atoms with E-state index in [9.17, 15) is 23.7 Å². The Hall–Kier alpha value is -2.35. The number of aliphatic carboxylic acids is 1. The zero-order valence-electron chi connectivity index (χ0n) is 17.4. The van der Waals surface area contributed by atoms with E-state index in [1.807, 2.05) is 37.3 Å². The summed E-state index contributed by atoms with van der Waals surface area (Å²) < 4.78 is 13.8. The molecule has 3 N–H and O–H groups in total. The van der Waals surface area contributed by atoms with E-state index in [0.29, 0.717) is 30.7 Å². The molecule has 2 rings (SSSR count). The Labute approximate surface area is 179 Å². The SMILES string of the molecule is CCCC(=O)C1CCC(=O)C(CCS(=O)CCC(CC(=O)O)c2ccccc2)=[N+]1N. The lowest BCUT2D eigenvalue weighted by molar-refractivity contribution is -0.566. The Morgan fingerprint density at radius 2 is 1.97 bits per heavy atom. The molecule has 8 heteroatoms. The molecule has 0 bridgehead atoms. The van der Waals surface area contributed by atoms with Crippen LogP contribution in [-0.2, 0) is 25.2 Å². The summed E-state index contributed by atoms with van der Waals surface area (Å²) in [6.07, 6.45) is 2.59. The molecule has 7 nitrogen and oxygen atoms in total. The molecule has 1 aliphatic heterocycles. The van der Waals surface area contributed by atoms with Crippen molar-refractivity contribution in [3.8, 4) is 0 Å². The number of carboxylic acids is 1. The van der Waals surface area contributed by atoms with E-state index in [0.717, 1.165) is 12.0 Å². The van der Waals surface area contributed by atoms with Crippen LogP contribution >= 0.6 is 0 Å². The van der Waals surface area contributed by atoms with Crippen LogP contribution in [0.25, 0.3) is 0 Å². The van der Waals surface area contributed by atoms with Crippen molar-refractivity contribution in [2.45, 2.75) is 63.8 Å². The first-order valence-corrected chi connectivity index (χ1v) is 11.9. The minimum absolute atomic E-state index is 0.0190. The summed E-state index contributed by atoms with van der Waals surface area (Å²) in [5.74, 6) is 5.52. The maximum atomic E-state index is 12.6. The van der Waals surface area contributed by atoms with Gasteiger partial charge in [-0.25, -0.2) is 5.84 Å². The molecule has 1 heterocycles. The average Bonchev–Trinajstić information content (AvgIpc) is 2.71. The first-order valence-electron chi connectivity index (χ1n) is 10.4. The zero-order valence-corrected chi connectivity index (χ0v) is 18.2. The molecule has 0 fully saturated rings. The molecule has 0 spiro atoms. The number of Topliss-reactive ketones (excluding diaryl/α,β-unsaturated/α-hetero) is 2. The van der Waals surface area contributed by atoms with Gasteiger partial charge in [-0.3, -0.25) is 18.6 Å². The number of hydrogen-bond donors (Lipinski definition) is 2. The molecule has 164 valence electrons. The Balaban J connectivity index is 1.96. The van der Waals surface area contributed by atoms with Crippen LogP contribution in [0.2, 0.25) is 0 Å². The van der Waals surface area contributed by atoms with Gasteiger partial charge in [0.2, 0.25) is 23.3 Å². The van der Waals surface area contributed by atoms with Crippen molar-refractivity contribution in [2.75, 3.05) is 11.5 Å². The van der Waals surface area contributed by atoms with Crippen molar-refractivity contribution in [3.05, 3.63) is 35.9 Å². The van der Waals surface area contributed by atoms with Crippen molar-refractivity contribution in [3.63, 3.8) is 0 Å². The second kappa shape index (κ2) is 11.7. The molecular formula is C22H31N2O5S+. The summed E-state index contributed by atoms with van der Waals surface area (Å²) in [6, 6.07) is 8.87. The average molecular weight is 436 g/mol. The number of ketones is 2. The number of carboxylic acid groups (broad SMARTS) is 1. The monoisotopic (exact) mass is 435 g/mol. The van der Waals surface area contributed by atoms with E-state index in [2.05, 4.69) is 0 Å². The highest BCUT2D eigenvalue weighted by Gasteiger charge is 2.38. The number of hydrogen-bond acceptors (Lipinski definition) is 5. The Kier molecular flexibility index (Phi) is 9.36. The number of nitrogens with two attached hydrogens (primary N) is 1. The van der Waals surface area contributed by atoms with E-state index in [4.69, 9.17) is 5.84 Å². The maximum absolute atomic E-state index is 12.6. The summed E-state index contributed by atoms with van der Waals surface area (Å²) in [5.41, 5.74) is 1.29. The van der Waals surface area contributed by atoms with E-state index >= 15 is 0 Å². The minimum Gasteiger partial charge on any atom is -0.481 e. The zero-order chi connectivity index (χ0) is 22.1. The first-order chi connectivity index (χ1) is 14.3. The van der Waals surface area contributed by atoms with E-state index in [1.54, 1.807) is 0 Å². The first kappa shape index (κ1) is 23.9. The summed E-state index contributed by atoms with van der Waals surface area (Å²) in [6.45, 7) is 1.92. The Morgan fingerprint density at radius 3 is 2.60 bits per heavy atom. The molecule has 0 saturated carbocycles. The number of nitrogens with zero attached hydrogens (tertiary/aromatic N) is 1. The van der Waals surface area contributed by atoms with Crippen molar-refractivity contribution in [1.29, 1.82) is 0 Å². The fourth-order valence-electron chi connectivity index (χ4n) is 3.79. The second-order valence-electron chi connectivity index (χ2n) is 7.64. The van der Waals surface area contributed by atoms with E-state index < -0.39 is 22.8 Å². The lowest BCUT2D eigenvalue weighted by Crippen LogP contribution is -2.48. The quantitative estimate of drug-likeness (QED) is 0.384. The van der Waals surface area contributed by atoms with Gasteiger partial charge in [0, 0.05) is 41.6 Å². The molecule has 30 heavy (non-hydrogen) atoms. The molecule has 0 amide bonds. The topological polar surface area (TPSA) is 118 Å². The number of benzene rings is 1. The third kappa shape index (κ3) is 6.86. The van der Waals surface area contributed by atoms with Gasteiger partial charge in [-0.1, -0.05) is 37.3 Å². The molecule has 0 aliphatic carbocycles. The minimum atomic E-state index is -1.22. The van der Waals surface area contributed by atoms with Crippen LogP contribution in [0.5, 0.6) is 0 Å². The standard InChI is InChI=1S/C22H30N2O5S/c1-2-6-20(25)18-9-10-21(26)19(24(18)23)12-14-30(29)13-11-17(15-22(27)28)16-7-4-3-5-8-16/h3-5,7-8,17-18H,2,6,9-15H2,1H3,(H2-,23,26,27,28)/p+1. The number of carbonyl (C=O) groups is 3. The van der Waals surface area contributed by atoms with Gasteiger partial charge in [-0.05, 0) is 24.3 Å². The molecule has 1 aliphatic rings. The van der Waals surface area contributed by atoms with Crippen LogP contribution < -0.4 is 5.84 Å². The van der Waals surface area contributed by atoms with Gasteiger partial charge >= 0.3 is 5.97 Å². The van der Waals surface area contributed by atoms with Gasteiger partial charge in [0.15, 0.2) is 0 Å². The van der Waals surface area contributed by atoms with Crippen LogP contribution in [-0.4, -0.2) is 54.8 Å². The van der Waals surface area contributed by atoms with Crippen molar-refractivity contribution in [2.24, 2.45) is 5.84 Å². The molecule has 0 saturated heterocycles. The maximum Gasteiger partial charge on any atom is 0.303 e. The number of carbonyl (C=O) groups excluding carboxylic acids is 2. The van der Waals surface area contributed by atoms with Crippen molar-refractivity contribution in [1.82, 2.24) is 0 Å². The van der Waals surface area contributed by atoms with Crippen LogP contribution in [0, 0.1) is 0 Å². The molecule has 1 aromatic rings. The predicted molar refractivity (Wildman–Crippen MR) is 116 cm³/mol. The molecular weight excluding hydrogens is 404 g/mol. The Bertz CT molecular complexity index is 822.